The molecule has 0 amide bonds. The Bertz CT molecular complexity index is 1540. The van der Waals surface area contributed by atoms with Crippen LogP contribution in [0.5, 0.6) is 11.5 Å². The van der Waals surface area contributed by atoms with Gasteiger partial charge in [0.2, 0.25) is 0 Å². The maximum atomic E-state index is 12.0. The first-order valence-corrected chi connectivity index (χ1v) is 13.2. The summed E-state index contributed by atoms with van der Waals surface area (Å²) in [5.74, 6) is 0.548. The van der Waals surface area contributed by atoms with Crippen LogP contribution >= 0.6 is 0 Å². The molecule has 8 nitrogen and oxygen atoms in total. The van der Waals surface area contributed by atoms with Crippen molar-refractivity contribution >= 4 is 17.0 Å². The van der Waals surface area contributed by atoms with Crippen molar-refractivity contribution in [3.63, 3.8) is 0 Å². The Hall–Kier alpha value is -3.91. The predicted molar refractivity (Wildman–Crippen MR) is 150 cm³/mol. The van der Waals surface area contributed by atoms with Crippen LogP contribution in [0.1, 0.15) is 59.6 Å². The second-order valence-corrected chi connectivity index (χ2v) is 11.2. The van der Waals surface area contributed by atoms with Gasteiger partial charge in [0.25, 0.3) is 0 Å². The monoisotopic (exact) mass is 528 g/mol. The molecule has 0 saturated carbocycles. The second kappa shape index (κ2) is 10.3. The SMILES string of the molecule is COc1ccc2c(c1)CN(Cc1cc([C@H](CC(=O)O)c3ccc4c(nnn4C)c3C)ccc1C)CC(C)(C)O2. The molecule has 0 saturated heterocycles. The van der Waals surface area contributed by atoms with Crippen molar-refractivity contribution in [3.05, 3.63) is 81.9 Å². The summed E-state index contributed by atoms with van der Waals surface area (Å²) in [6.45, 7) is 10.5. The molecule has 0 spiro atoms. The first-order chi connectivity index (χ1) is 18.5. The highest BCUT2D eigenvalue weighted by Crippen LogP contribution is 2.36. The summed E-state index contributed by atoms with van der Waals surface area (Å²) in [5, 5.41) is 18.3. The number of rotatable bonds is 7. The van der Waals surface area contributed by atoms with Crippen LogP contribution in [0.15, 0.2) is 48.5 Å². The number of benzene rings is 3. The van der Waals surface area contributed by atoms with E-state index in [1.165, 1.54) is 11.1 Å². The molecular weight excluding hydrogens is 492 g/mol. The molecule has 204 valence electrons. The van der Waals surface area contributed by atoms with E-state index in [-0.39, 0.29) is 17.9 Å². The van der Waals surface area contributed by atoms with E-state index in [0.717, 1.165) is 57.9 Å². The second-order valence-electron chi connectivity index (χ2n) is 11.2. The molecule has 1 atom stereocenters. The number of aliphatic carboxylic acids is 1. The molecular formula is C31H36N4O4. The van der Waals surface area contributed by atoms with Crippen LogP contribution in [-0.4, -0.2) is 50.2 Å². The van der Waals surface area contributed by atoms with Crippen molar-refractivity contribution in [3.8, 4) is 11.5 Å². The van der Waals surface area contributed by atoms with Crippen LogP contribution in [0.2, 0.25) is 0 Å². The summed E-state index contributed by atoms with van der Waals surface area (Å²) < 4.78 is 13.6. The van der Waals surface area contributed by atoms with Gasteiger partial charge in [-0.1, -0.05) is 29.5 Å². The number of carboxylic acids is 1. The van der Waals surface area contributed by atoms with Crippen LogP contribution in [0.25, 0.3) is 11.0 Å². The number of methoxy groups -OCH3 is 1. The van der Waals surface area contributed by atoms with E-state index < -0.39 is 5.97 Å². The van der Waals surface area contributed by atoms with Gasteiger partial charge in [-0.25, -0.2) is 4.68 Å². The average Bonchev–Trinajstić information content (AvgIpc) is 3.20. The molecule has 0 fully saturated rings. The highest BCUT2D eigenvalue weighted by molar-refractivity contribution is 5.80. The minimum atomic E-state index is -0.835. The number of hydrogen-bond acceptors (Lipinski definition) is 6. The smallest absolute Gasteiger partial charge is 0.304 e. The number of ether oxygens (including phenoxy) is 2. The van der Waals surface area contributed by atoms with Gasteiger partial charge in [0.05, 0.1) is 19.0 Å². The number of fused-ring (bicyclic) bond motifs is 2. The van der Waals surface area contributed by atoms with Crippen LogP contribution in [0.3, 0.4) is 0 Å². The average molecular weight is 529 g/mol. The Balaban J connectivity index is 1.51. The molecule has 8 heteroatoms. The maximum absolute atomic E-state index is 12.0. The zero-order valence-electron chi connectivity index (χ0n) is 23.5. The molecule has 3 aromatic carbocycles. The van der Waals surface area contributed by atoms with Crippen molar-refractivity contribution in [2.24, 2.45) is 7.05 Å². The third-order valence-corrected chi connectivity index (χ3v) is 7.66. The van der Waals surface area contributed by atoms with Gasteiger partial charge in [0.15, 0.2) is 0 Å². The lowest BCUT2D eigenvalue weighted by molar-refractivity contribution is -0.137. The van der Waals surface area contributed by atoms with Gasteiger partial charge in [-0.15, -0.1) is 5.10 Å². The third-order valence-electron chi connectivity index (χ3n) is 7.66. The molecule has 0 aliphatic carbocycles. The molecule has 4 aromatic rings. The summed E-state index contributed by atoms with van der Waals surface area (Å²) >= 11 is 0. The molecule has 0 unspecified atom stereocenters. The molecule has 1 N–H and O–H groups in total. The van der Waals surface area contributed by atoms with E-state index in [2.05, 4.69) is 54.2 Å². The first-order valence-electron chi connectivity index (χ1n) is 13.2. The van der Waals surface area contributed by atoms with Crippen molar-refractivity contribution in [2.75, 3.05) is 13.7 Å². The Morgan fingerprint density at radius 3 is 2.69 bits per heavy atom. The lowest BCUT2D eigenvalue weighted by atomic mass is 9.84. The Kier molecular flexibility index (Phi) is 7.07. The van der Waals surface area contributed by atoms with Crippen molar-refractivity contribution in [1.29, 1.82) is 0 Å². The fraction of sp³-hybridized carbons (Fsp3) is 0.387. The van der Waals surface area contributed by atoms with E-state index in [1.54, 1.807) is 11.8 Å². The lowest BCUT2D eigenvalue weighted by Gasteiger charge is -2.30. The summed E-state index contributed by atoms with van der Waals surface area (Å²) in [4.78, 5) is 14.4. The van der Waals surface area contributed by atoms with Gasteiger partial charge < -0.3 is 14.6 Å². The quantitative estimate of drug-likeness (QED) is 0.345. The standard InChI is InChI=1S/C31H36N4O4/c1-19-7-8-21(26(15-29(36)37)25-10-11-27-30(20(25)2)32-33-34(27)5)13-22(19)16-35-17-23-14-24(38-6)9-12-28(23)39-31(3,4)18-35/h7-14,26H,15-18H2,1-6H3,(H,36,37)/t26-/m0/s1. The largest absolute Gasteiger partial charge is 0.497 e. The topological polar surface area (TPSA) is 89.7 Å². The highest BCUT2D eigenvalue weighted by Gasteiger charge is 2.30. The van der Waals surface area contributed by atoms with Crippen molar-refractivity contribution in [2.45, 2.75) is 58.7 Å². The summed E-state index contributed by atoms with van der Waals surface area (Å²) in [7, 11) is 3.53. The van der Waals surface area contributed by atoms with Gasteiger partial charge in [-0.2, -0.15) is 0 Å². The highest BCUT2D eigenvalue weighted by atomic mass is 16.5. The van der Waals surface area contributed by atoms with E-state index in [0.29, 0.717) is 6.54 Å². The molecule has 1 aromatic heterocycles. The summed E-state index contributed by atoms with van der Waals surface area (Å²) in [6, 6.07) is 16.3. The Morgan fingerprint density at radius 1 is 1.15 bits per heavy atom. The van der Waals surface area contributed by atoms with Gasteiger partial charge in [-0.3, -0.25) is 9.69 Å². The summed E-state index contributed by atoms with van der Waals surface area (Å²) in [6.07, 6.45) is -0.00708. The van der Waals surface area contributed by atoms with Crippen molar-refractivity contribution < 1.29 is 19.4 Å². The number of nitrogens with zero attached hydrogens (tertiary/aromatic N) is 4. The molecule has 1 aliphatic rings. The van der Waals surface area contributed by atoms with Gasteiger partial charge in [0, 0.05) is 38.2 Å². The van der Waals surface area contributed by atoms with E-state index in [9.17, 15) is 9.90 Å². The van der Waals surface area contributed by atoms with Crippen LogP contribution < -0.4 is 9.47 Å². The molecule has 0 radical (unpaired) electrons. The number of hydrogen-bond donors (Lipinski definition) is 1. The number of aryl methyl sites for hydroxylation is 3. The minimum Gasteiger partial charge on any atom is -0.497 e. The number of aromatic nitrogens is 3. The Labute approximate surface area is 229 Å². The minimum absolute atomic E-state index is 0.00708. The van der Waals surface area contributed by atoms with Crippen LogP contribution in [0, 0.1) is 13.8 Å². The molecule has 5 rings (SSSR count). The normalized spacial score (nSPS) is 15.8. The molecule has 2 heterocycles. The van der Waals surface area contributed by atoms with Crippen molar-refractivity contribution in [1.82, 2.24) is 19.9 Å². The van der Waals surface area contributed by atoms with E-state index >= 15 is 0 Å². The summed E-state index contributed by atoms with van der Waals surface area (Å²) in [5.41, 5.74) is 7.70. The molecule has 0 bridgehead atoms. The fourth-order valence-corrected chi connectivity index (χ4v) is 5.71. The zero-order chi connectivity index (χ0) is 27.9. The molecule has 1 aliphatic heterocycles. The first kappa shape index (κ1) is 26.7. The number of carboxylic acid groups (broad SMARTS) is 1. The third kappa shape index (κ3) is 5.47. The van der Waals surface area contributed by atoms with Crippen LogP contribution in [0.4, 0.5) is 0 Å². The lowest BCUT2D eigenvalue weighted by Crippen LogP contribution is -2.40. The van der Waals surface area contributed by atoms with E-state index in [4.69, 9.17) is 9.47 Å². The van der Waals surface area contributed by atoms with E-state index in [1.807, 2.05) is 44.3 Å². The Morgan fingerprint density at radius 2 is 1.95 bits per heavy atom. The van der Waals surface area contributed by atoms with Gasteiger partial charge >= 0.3 is 5.97 Å². The zero-order valence-corrected chi connectivity index (χ0v) is 23.5. The number of carbonyl (C=O) groups is 1. The molecule has 39 heavy (non-hydrogen) atoms. The fourth-order valence-electron chi connectivity index (χ4n) is 5.71. The predicted octanol–water partition coefficient (Wildman–Crippen LogP) is 5.37. The van der Waals surface area contributed by atoms with Gasteiger partial charge in [-0.05, 0) is 79.8 Å². The van der Waals surface area contributed by atoms with Gasteiger partial charge in [0.1, 0.15) is 22.6 Å². The van der Waals surface area contributed by atoms with Crippen LogP contribution in [-0.2, 0) is 24.9 Å². The maximum Gasteiger partial charge on any atom is 0.304 e.